The van der Waals surface area contributed by atoms with Gasteiger partial charge in [-0.25, -0.2) is 4.79 Å². The molecule has 1 amide bonds. The first-order valence-electron chi connectivity index (χ1n) is 17.7. The molecule has 7 rings (SSSR count). The molecule has 0 radical (unpaired) electrons. The largest absolute Gasteiger partial charge is 0.456 e. The topological polar surface area (TPSA) is 108 Å². The van der Waals surface area contributed by atoms with Crippen molar-refractivity contribution in [1.29, 1.82) is 0 Å². The maximum atomic E-state index is 12.7. The predicted octanol–water partition coefficient (Wildman–Crippen LogP) is 7.04. The summed E-state index contributed by atoms with van der Waals surface area (Å²) in [4.78, 5) is 32.5. The van der Waals surface area contributed by atoms with Gasteiger partial charge < -0.3 is 34.3 Å². The van der Waals surface area contributed by atoms with Gasteiger partial charge in [-0.05, 0) is 93.6 Å². The van der Waals surface area contributed by atoms with Crippen molar-refractivity contribution in [3.05, 3.63) is 99.8 Å². The highest BCUT2D eigenvalue weighted by Gasteiger charge is 2.24. The Morgan fingerprint density at radius 2 is 1.68 bits per heavy atom. The number of benzene rings is 3. The van der Waals surface area contributed by atoms with E-state index in [0.29, 0.717) is 19.3 Å². The molecule has 3 aliphatic rings. The number of pyridine rings is 1. The van der Waals surface area contributed by atoms with Crippen LogP contribution in [0.2, 0.25) is 0 Å². The number of rotatable bonds is 8. The van der Waals surface area contributed by atoms with Crippen LogP contribution in [0.3, 0.4) is 0 Å². The smallest absolute Gasteiger partial charge is 0.412 e. The molecule has 0 spiro atoms. The fourth-order valence-corrected chi connectivity index (χ4v) is 6.96. The van der Waals surface area contributed by atoms with Crippen molar-refractivity contribution < 1.29 is 19.0 Å². The second-order valence-corrected chi connectivity index (χ2v) is 14.4. The number of amides is 1. The van der Waals surface area contributed by atoms with Crippen LogP contribution in [0.25, 0.3) is 11.3 Å². The fraction of sp³-hybridized carbons (Fsp3) is 0.400. The van der Waals surface area contributed by atoms with E-state index in [1.165, 1.54) is 5.56 Å². The molecule has 0 atom stereocenters. The van der Waals surface area contributed by atoms with Crippen LogP contribution in [-0.4, -0.2) is 73.6 Å². The minimum absolute atomic E-state index is 0.125. The molecule has 3 aromatic carbocycles. The van der Waals surface area contributed by atoms with E-state index in [-0.39, 0.29) is 5.56 Å². The highest BCUT2D eigenvalue weighted by Crippen LogP contribution is 2.43. The zero-order valence-corrected chi connectivity index (χ0v) is 29.2. The summed E-state index contributed by atoms with van der Waals surface area (Å²) in [6.07, 6.45) is 3.46. The third kappa shape index (κ3) is 8.31. The van der Waals surface area contributed by atoms with Crippen molar-refractivity contribution in [3.63, 3.8) is 0 Å². The van der Waals surface area contributed by atoms with Gasteiger partial charge in [-0.2, -0.15) is 0 Å². The first-order chi connectivity index (χ1) is 24.1. The summed E-state index contributed by atoms with van der Waals surface area (Å²) in [7, 11) is 0. The van der Waals surface area contributed by atoms with E-state index in [2.05, 4.69) is 61.8 Å². The van der Waals surface area contributed by atoms with Gasteiger partial charge in [0, 0.05) is 79.4 Å². The number of carbonyl (C=O) groups excluding carboxylic acids is 1. The fourth-order valence-electron chi connectivity index (χ4n) is 6.96. The van der Waals surface area contributed by atoms with Gasteiger partial charge in [-0.1, -0.05) is 24.3 Å². The standard InChI is InChI=1S/C40H47N5O5/c1-40(2,3)50-39(47)42-30-9-7-27(8-10-30)13-16-44-17-14-31(15-18-44)41-32-11-12-36-29(24-32)23-28-5-4-6-34(38(28)49-36)35-25-33(26-37(46)43-35)45-19-21-48-22-20-45/h4-12,24-26,31,41H,13-23H2,1-3H3,(H,42,47)(H,43,46). The Balaban J connectivity index is 0.920. The van der Waals surface area contributed by atoms with Gasteiger partial charge in [-0.15, -0.1) is 0 Å². The number of hydrogen-bond acceptors (Lipinski definition) is 8. The molecule has 4 heterocycles. The number of carbonyl (C=O) groups is 1. The Hall–Kier alpha value is -4.80. The Kier molecular flexibility index (Phi) is 9.83. The molecule has 3 N–H and O–H groups in total. The normalized spacial score (nSPS) is 16.6. The lowest BCUT2D eigenvalue weighted by molar-refractivity contribution is 0.0636. The van der Waals surface area contributed by atoms with Gasteiger partial charge in [0.25, 0.3) is 0 Å². The summed E-state index contributed by atoms with van der Waals surface area (Å²) < 4.78 is 17.4. The summed E-state index contributed by atoms with van der Waals surface area (Å²) >= 11 is 0. The van der Waals surface area contributed by atoms with Gasteiger partial charge in [0.15, 0.2) is 0 Å². The molecule has 50 heavy (non-hydrogen) atoms. The van der Waals surface area contributed by atoms with Crippen LogP contribution < -0.4 is 25.8 Å². The molecule has 3 aliphatic heterocycles. The second-order valence-electron chi connectivity index (χ2n) is 14.4. The van der Waals surface area contributed by atoms with E-state index >= 15 is 0 Å². The summed E-state index contributed by atoms with van der Waals surface area (Å²) in [5.41, 5.74) is 7.27. The molecule has 4 aromatic rings. The minimum Gasteiger partial charge on any atom is -0.456 e. The maximum absolute atomic E-state index is 12.7. The molecular formula is C40H47N5O5. The van der Waals surface area contributed by atoms with Crippen molar-refractivity contribution in [2.75, 3.05) is 61.5 Å². The van der Waals surface area contributed by atoms with Gasteiger partial charge in [0.05, 0.1) is 18.9 Å². The van der Waals surface area contributed by atoms with Gasteiger partial charge in [0.1, 0.15) is 17.1 Å². The van der Waals surface area contributed by atoms with Crippen LogP contribution in [0, 0.1) is 0 Å². The third-order valence-electron chi connectivity index (χ3n) is 9.52. The average molecular weight is 678 g/mol. The lowest BCUT2D eigenvalue weighted by Gasteiger charge is -2.33. The first kappa shape index (κ1) is 33.7. The van der Waals surface area contributed by atoms with E-state index in [1.807, 2.05) is 51.1 Å². The van der Waals surface area contributed by atoms with E-state index in [1.54, 1.807) is 6.07 Å². The SMILES string of the molecule is CC(C)(C)OC(=O)Nc1ccc(CCN2CCC(Nc3ccc4c(c3)Cc3cccc(-c5cc(N6CCOCC6)cc(=O)[nH]5)c3O4)CC2)cc1. The molecule has 0 aliphatic carbocycles. The summed E-state index contributed by atoms with van der Waals surface area (Å²) in [6, 6.07) is 24.7. The molecule has 10 nitrogen and oxygen atoms in total. The molecule has 0 bridgehead atoms. The van der Waals surface area contributed by atoms with Crippen molar-refractivity contribution in [2.45, 2.75) is 58.1 Å². The van der Waals surface area contributed by atoms with Crippen molar-refractivity contribution in [2.24, 2.45) is 0 Å². The molecule has 0 saturated carbocycles. The molecule has 1 aromatic heterocycles. The van der Waals surface area contributed by atoms with E-state index < -0.39 is 11.7 Å². The summed E-state index contributed by atoms with van der Waals surface area (Å²) in [6.45, 7) is 11.5. The van der Waals surface area contributed by atoms with E-state index in [9.17, 15) is 9.59 Å². The predicted molar refractivity (Wildman–Crippen MR) is 198 cm³/mol. The number of hydrogen-bond donors (Lipinski definition) is 3. The number of fused-ring (bicyclic) bond motifs is 2. The number of likely N-dealkylation sites (tertiary alicyclic amines) is 1. The number of aromatic nitrogens is 1. The Morgan fingerprint density at radius 3 is 2.44 bits per heavy atom. The summed E-state index contributed by atoms with van der Waals surface area (Å²) in [5, 5.41) is 6.58. The quantitative estimate of drug-likeness (QED) is 0.161. The van der Waals surface area contributed by atoms with Crippen molar-refractivity contribution >= 4 is 23.2 Å². The number of aromatic amines is 1. The van der Waals surface area contributed by atoms with Crippen molar-refractivity contribution in [3.8, 4) is 22.8 Å². The van der Waals surface area contributed by atoms with Crippen LogP contribution in [-0.2, 0) is 22.3 Å². The monoisotopic (exact) mass is 677 g/mol. The molecule has 262 valence electrons. The Bertz CT molecular complexity index is 1870. The van der Waals surface area contributed by atoms with E-state index in [4.69, 9.17) is 14.2 Å². The Morgan fingerprint density at radius 1 is 0.920 bits per heavy atom. The average Bonchev–Trinajstić information content (AvgIpc) is 3.10. The number of anilines is 3. The van der Waals surface area contributed by atoms with Gasteiger partial charge >= 0.3 is 6.09 Å². The third-order valence-corrected chi connectivity index (χ3v) is 9.52. The minimum atomic E-state index is -0.524. The van der Waals surface area contributed by atoms with Crippen molar-refractivity contribution in [1.82, 2.24) is 9.88 Å². The first-order valence-corrected chi connectivity index (χ1v) is 17.7. The van der Waals surface area contributed by atoms with Gasteiger partial charge in [0.2, 0.25) is 5.56 Å². The highest BCUT2D eigenvalue weighted by atomic mass is 16.6. The second kappa shape index (κ2) is 14.6. The lowest BCUT2D eigenvalue weighted by Crippen LogP contribution is -2.40. The molecule has 2 fully saturated rings. The van der Waals surface area contributed by atoms with Crippen LogP contribution in [0.1, 0.15) is 50.3 Å². The van der Waals surface area contributed by atoms with Crippen LogP contribution in [0.15, 0.2) is 77.6 Å². The van der Waals surface area contributed by atoms with Gasteiger partial charge in [-0.3, -0.25) is 10.1 Å². The number of para-hydroxylation sites is 1. The zero-order chi connectivity index (χ0) is 34.7. The van der Waals surface area contributed by atoms with Crippen LogP contribution in [0.5, 0.6) is 11.5 Å². The van der Waals surface area contributed by atoms with Crippen LogP contribution in [0.4, 0.5) is 21.9 Å². The highest BCUT2D eigenvalue weighted by molar-refractivity contribution is 5.84. The molecule has 2 saturated heterocycles. The zero-order valence-electron chi connectivity index (χ0n) is 29.2. The summed E-state index contributed by atoms with van der Waals surface area (Å²) in [5.74, 6) is 1.65. The Labute approximate surface area is 293 Å². The maximum Gasteiger partial charge on any atom is 0.412 e. The number of H-pyrrole nitrogens is 1. The van der Waals surface area contributed by atoms with E-state index in [0.717, 1.165) is 109 Å². The lowest BCUT2D eigenvalue weighted by atomic mass is 9.95. The van der Waals surface area contributed by atoms with Crippen LogP contribution >= 0.6 is 0 Å². The number of nitrogens with one attached hydrogen (secondary N) is 3. The molecule has 10 heteroatoms. The molecular weight excluding hydrogens is 630 g/mol. The number of morpholine rings is 1. The number of piperidine rings is 1. The number of ether oxygens (including phenoxy) is 3. The molecule has 0 unspecified atom stereocenters. The number of nitrogens with zero attached hydrogens (tertiary/aromatic N) is 2.